The number of fused-ring (bicyclic) bond motifs is 7. The Kier molecular flexibility index (Phi) is 4.67. The summed E-state index contributed by atoms with van der Waals surface area (Å²) in [6.45, 7) is 0. The predicted octanol–water partition coefficient (Wildman–Crippen LogP) is 5.25. The molecule has 2 fully saturated rings. The number of amides is 2. The number of carbonyl (C=O) groups excluding carboxylic acids is 3. The van der Waals surface area contributed by atoms with E-state index in [4.69, 9.17) is 0 Å². The Balaban J connectivity index is 1.40. The maximum absolute atomic E-state index is 14.1. The first-order valence-electron chi connectivity index (χ1n) is 12.3. The average Bonchev–Trinajstić information content (AvgIpc) is 3.41. The standard InChI is InChI=1S/C31H21FN2O3/c32-20-11-13-21(14-12-20)33-30(36)26-25-17-15-23-22-9-5-4-6-18(22)10-16-24(23)34(25)28(27(26)31(33)37)29(35)19-7-2-1-3-8-19/h1-17,25-28H. The molecule has 3 aliphatic rings. The zero-order valence-electron chi connectivity index (χ0n) is 19.6. The van der Waals surface area contributed by atoms with Gasteiger partial charge in [0.05, 0.1) is 23.6 Å². The maximum Gasteiger partial charge on any atom is 0.240 e. The molecule has 3 heterocycles. The van der Waals surface area contributed by atoms with Crippen molar-refractivity contribution in [2.24, 2.45) is 11.8 Å². The summed E-state index contributed by atoms with van der Waals surface area (Å²) in [5.41, 5.74) is 2.61. The number of rotatable bonds is 3. The highest BCUT2D eigenvalue weighted by atomic mass is 19.1. The van der Waals surface area contributed by atoms with Gasteiger partial charge in [-0.25, -0.2) is 9.29 Å². The third-order valence-electron chi connectivity index (χ3n) is 7.82. The quantitative estimate of drug-likeness (QED) is 0.292. The molecule has 4 aromatic carbocycles. The summed E-state index contributed by atoms with van der Waals surface area (Å²) in [5.74, 6) is -3.04. The van der Waals surface area contributed by atoms with Crippen molar-refractivity contribution in [2.45, 2.75) is 12.1 Å². The summed E-state index contributed by atoms with van der Waals surface area (Å²) < 4.78 is 13.6. The van der Waals surface area contributed by atoms with E-state index >= 15 is 0 Å². The van der Waals surface area contributed by atoms with Crippen molar-refractivity contribution in [1.82, 2.24) is 0 Å². The molecular weight excluding hydrogens is 467 g/mol. The van der Waals surface area contributed by atoms with Crippen LogP contribution in [0.2, 0.25) is 0 Å². The molecule has 37 heavy (non-hydrogen) atoms. The number of halogens is 1. The third kappa shape index (κ3) is 3.05. The first-order chi connectivity index (χ1) is 18.0. The van der Waals surface area contributed by atoms with Crippen LogP contribution in [0.5, 0.6) is 0 Å². The van der Waals surface area contributed by atoms with Crippen molar-refractivity contribution in [1.29, 1.82) is 0 Å². The normalized spacial score (nSPS) is 23.8. The molecule has 7 rings (SSSR count). The molecule has 5 nitrogen and oxygen atoms in total. The van der Waals surface area contributed by atoms with E-state index in [2.05, 4.69) is 0 Å². The molecule has 6 heteroatoms. The molecule has 0 N–H and O–H groups in total. The van der Waals surface area contributed by atoms with Gasteiger partial charge < -0.3 is 4.90 Å². The molecule has 4 unspecified atom stereocenters. The number of nitrogens with zero attached hydrogens (tertiary/aromatic N) is 2. The molecule has 2 saturated heterocycles. The summed E-state index contributed by atoms with van der Waals surface area (Å²) >= 11 is 0. The van der Waals surface area contributed by atoms with Gasteiger partial charge in [0, 0.05) is 16.8 Å². The molecular formula is C31H21FN2O3. The zero-order chi connectivity index (χ0) is 25.3. The second-order valence-electron chi connectivity index (χ2n) is 9.69. The van der Waals surface area contributed by atoms with Crippen LogP contribution in [0.25, 0.3) is 16.8 Å². The topological polar surface area (TPSA) is 57.7 Å². The van der Waals surface area contributed by atoms with Crippen molar-refractivity contribution in [3.8, 4) is 0 Å². The number of benzene rings is 4. The number of hydrogen-bond donors (Lipinski definition) is 0. The Morgan fingerprint density at radius 3 is 2.24 bits per heavy atom. The minimum absolute atomic E-state index is 0.199. The van der Waals surface area contributed by atoms with Crippen LogP contribution >= 0.6 is 0 Å². The number of Topliss-reactive ketones (excluding diaryl/α,β-unsaturated/α-hetero) is 1. The van der Waals surface area contributed by atoms with E-state index in [1.54, 1.807) is 24.3 Å². The third-order valence-corrected chi connectivity index (χ3v) is 7.82. The fraction of sp³-hybridized carbons (Fsp3) is 0.129. The summed E-state index contributed by atoms with van der Waals surface area (Å²) in [4.78, 5) is 44.9. The van der Waals surface area contributed by atoms with Gasteiger partial charge in [-0.1, -0.05) is 72.8 Å². The Morgan fingerprint density at radius 1 is 0.757 bits per heavy atom. The van der Waals surface area contributed by atoms with Crippen LogP contribution in [0.3, 0.4) is 0 Å². The van der Waals surface area contributed by atoms with Crippen molar-refractivity contribution < 1.29 is 18.8 Å². The van der Waals surface area contributed by atoms with Crippen LogP contribution in [0.4, 0.5) is 15.8 Å². The molecule has 0 saturated carbocycles. The lowest BCUT2D eigenvalue weighted by Gasteiger charge is -2.37. The van der Waals surface area contributed by atoms with E-state index in [9.17, 15) is 18.8 Å². The van der Waals surface area contributed by atoms with Gasteiger partial charge in [0.1, 0.15) is 11.9 Å². The lowest BCUT2D eigenvalue weighted by molar-refractivity contribution is -0.122. The summed E-state index contributed by atoms with van der Waals surface area (Å²) in [7, 11) is 0. The van der Waals surface area contributed by atoms with Gasteiger partial charge >= 0.3 is 0 Å². The van der Waals surface area contributed by atoms with Gasteiger partial charge in [-0.05, 0) is 41.1 Å². The van der Waals surface area contributed by atoms with Crippen LogP contribution in [-0.4, -0.2) is 29.7 Å². The molecule has 180 valence electrons. The van der Waals surface area contributed by atoms with Gasteiger partial charge in [-0.2, -0.15) is 0 Å². The van der Waals surface area contributed by atoms with E-state index < -0.39 is 35.6 Å². The lowest BCUT2D eigenvalue weighted by atomic mass is 9.86. The SMILES string of the molecule is O=C(c1ccccc1)C1C2C(=O)N(c3ccc(F)cc3)C(=O)C2C2C=Cc3c(ccc4ccccc34)N21. The number of imide groups is 1. The van der Waals surface area contributed by atoms with Crippen LogP contribution in [0.15, 0.2) is 97.1 Å². The Bertz CT molecular complexity index is 1630. The average molecular weight is 489 g/mol. The minimum atomic E-state index is -0.864. The second-order valence-corrected chi connectivity index (χ2v) is 9.69. The highest BCUT2D eigenvalue weighted by Crippen LogP contribution is 2.50. The number of carbonyl (C=O) groups is 3. The van der Waals surface area contributed by atoms with Gasteiger partial charge in [0.25, 0.3) is 0 Å². The van der Waals surface area contributed by atoms with Crippen molar-refractivity contribution in [3.63, 3.8) is 0 Å². The summed E-state index contributed by atoms with van der Waals surface area (Å²) in [6.07, 6.45) is 3.95. The largest absolute Gasteiger partial charge is 0.352 e. The fourth-order valence-corrected chi connectivity index (χ4v) is 6.24. The van der Waals surface area contributed by atoms with Crippen molar-refractivity contribution >= 4 is 45.8 Å². The summed E-state index contributed by atoms with van der Waals surface area (Å²) in [6, 6.07) is 24.9. The molecule has 3 aliphatic heterocycles. The van der Waals surface area contributed by atoms with Gasteiger partial charge in [0.2, 0.25) is 11.8 Å². The molecule has 0 spiro atoms. The molecule has 4 aromatic rings. The summed E-state index contributed by atoms with van der Waals surface area (Å²) in [5, 5.41) is 2.12. The van der Waals surface area contributed by atoms with Gasteiger partial charge in [-0.15, -0.1) is 0 Å². The van der Waals surface area contributed by atoms with Crippen LogP contribution in [0.1, 0.15) is 15.9 Å². The Hall–Kier alpha value is -4.58. The van der Waals surface area contributed by atoms with Crippen molar-refractivity contribution in [2.75, 3.05) is 9.80 Å². The smallest absolute Gasteiger partial charge is 0.240 e. The highest BCUT2D eigenvalue weighted by Gasteiger charge is 2.64. The lowest BCUT2D eigenvalue weighted by Crippen LogP contribution is -2.48. The number of hydrogen-bond acceptors (Lipinski definition) is 4. The van der Waals surface area contributed by atoms with Gasteiger partial charge in [0.15, 0.2) is 5.78 Å². The highest BCUT2D eigenvalue weighted by molar-refractivity contribution is 6.25. The molecule has 0 bridgehead atoms. The van der Waals surface area contributed by atoms with E-state index in [0.717, 1.165) is 26.9 Å². The minimum Gasteiger partial charge on any atom is -0.352 e. The molecule has 4 atom stereocenters. The number of ketones is 1. The van der Waals surface area contributed by atoms with Crippen LogP contribution in [0, 0.1) is 17.7 Å². The van der Waals surface area contributed by atoms with Crippen LogP contribution < -0.4 is 9.80 Å². The van der Waals surface area contributed by atoms with Crippen LogP contribution in [-0.2, 0) is 9.59 Å². The van der Waals surface area contributed by atoms with E-state index in [1.165, 1.54) is 24.3 Å². The zero-order valence-corrected chi connectivity index (χ0v) is 19.6. The molecule has 0 aliphatic carbocycles. The second kappa shape index (κ2) is 7.96. The number of anilines is 2. The predicted molar refractivity (Wildman–Crippen MR) is 140 cm³/mol. The molecule has 2 amide bonds. The van der Waals surface area contributed by atoms with E-state index in [-0.39, 0.29) is 11.7 Å². The maximum atomic E-state index is 14.1. The monoisotopic (exact) mass is 488 g/mol. The van der Waals surface area contributed by atoms with Gasteiger partial charge in [-0.3, -0.25) is 14.4 Å². The fourth-order valence-electron chi connectivity index (χ4n) is 6.24. The molecule has 0 radical (unpaired) electrons. The molecule has 0 aromatic heterocycles. The first kappa shape index (κ1) is 21.7. The van der Waals surface area contributed by atoms with E-state index in [1.807, 2.05) is 59.5 Å². The van der Waals surface area contributed by atoms with E-state index in [0.29, 0.717) is 11.3 Å². The van der Waals surface area contributed by atoms with Crippen molar-refractivity contribution in [3.05, 3.63) is 114 Å². The Morgan fingerprint density at radius 2 is 1.46 bits per heavy atom. The first-order valence-corrected chi connectivity index (χ1v) is 12.3. The Labute approximate surface area is 212 Å².